The van der Waals surface area contributed by atoms with Crippen molar-refractivity contribution in [2.75, 3.05) is 45.9 Å². The Morgan fingerprint density at radius 3 is 2.22 bits per heavy atom. The Bertz CT molecular complexity index is 685. The molecule has 3 rings (SSSR count). The summed E-state index contributed by atoms with van der Waals surface area (Å²) < 4.78 is 5.79. The number of hydrogen-bond donors (Lipinski definition) is 3. The minimum atomic E-state index is 0.0557. The fraction of sp³-hybridized carbons (Fsp3) is 0.409. The number of carbonyl (C=O) groups is 1. The Hall–Kier alpha value is -2.37. The molecule has 1 aliphatic rings. The highest BCUT2D eigenvalue weighted by atomic mass is 16.5. The highest BCUT2D eigenvalue weighted by Crippen LogP contribution is 2.10. The molecule has 3 N–H and O–H groups in total. The number of benzene rings is 2. The minimum Gasteiger partial charge on any atom is -0.488 e. The predicted octanol–water partition coefficient (Wildman–Crippen LogP) is -0.274. The molecule has 27 heavy (non-hydrogen) atoms. The predicted molar refractivity (Wildman–Crippen MR) is 106 cm³/mol. The molecular weight excluding hydrogens is 338 g/mol. The van der Waals surface area contributed by atoms with E-state index in [1.165, 1.54) is 4.90 Å². The first-order valence-corrected chi connectivity index (χ1v) is 9.90. The summed E-state index contributed by atoms with van der Waals surface area (Å²) in [7, 11) is 0. The number of ether oxygens (including phenoxy) is 1. The molecule has 1 saturated heterocycles. The summed E-state index contributed by atoms with van der Waals surface area (Å²) in [6.07, 6.45) is 0. The molecule has 0 saturated carbocycles. The van der Waals surface area contributed by atoms with Gasteiger partial charge >= 0.3 is 0 Å². The lowest BCUT2D eigenvalue weighted by Gasteiger charge is -2.29. The van der Waals surface area contributed by atoms with Gasteiger partial charge in [0, 0.05) is 0 Å². The van der Waals surface area contributed by atoms with Gasteiger partial charge in [0.15, 0.2) is 6.54 Å². The van der Waals surface area contributed by atoms with Gasteiger partial charge < -0.3 is 19.9 Å². The van der Waals surface area contributed by atoms with E-state index >= 15 is 0 Å². The van der Waals surface area contributed by atoms with Crippen molar-refractivity contribution in [3.05, 3.63) is 66.2 Å². The van der Waals surface area contributed by atoms with Crippen LogP contribution in [-0.4, -0.2) is 51.8 Å². The first kappa shape index (κ1) is 19.4. The molecular formula is C22H31N3O2+2. The topological polar surface area (TPSA) is 47.2 Å². The number of para-hydroxylation sites is 1. The number of nitrogens with one attached hydrogen (secondary N) is 3. The first-order chi connectivity index (χ1) is 13.2. The van der Waals surface area contributed by atoms with Gasteiger partial charge in [-0.05, 0) is 24.6 Å². The fourth-order valence-corrected chi connectivity index (χ4v) is 3.56. The molecule has 0 radical (unpaired) electrons. The molecule has 0 bridgehead atoms. The van der Waals surface area contributed by atoms with E-state index in [2.05, 4.69) is 17.4 Å². The Morgan fingerprint density at radius 2 is 1.56 bits per heavy atom. The van der Waals surface area contributed by atoms with Gasteiger partial charge in [0.25, 0.3) is 5.91 Å². The lowest BCUT2D eigenvalue weighted by Crippen LogP contribution is -3.28. The summed E-state index contributed by atoms with van der Waals surface area (Å²) in [5, 5.41) is 3.12. The maximum Gasteiger partial charge on any atom is 0.275 e. The average Bonchev–Trinajstić information content (AvgIpc) is 2.71. The zero-order valence-electron chi connectivity index (χ0n) is 16.1. The van der Waals surface area contributed by atoms with E-state index in [0.717, 1.165) is 50.6 Å². The second-order valence-corrected chi connectivity index (χ2v) is 7.29. The minimum absolute atomic E-state index is 0.0557. The molecule has 1 amide bonds. The normalized spacial score (nSPS) is 20.6. The van der Waals surface area contributed by atoms with Gasteiger partial charge in [-0.15, -0.1) is 0 Å². The molecule has 5 nitrogen and oxygen atoms in total. The van der Waals surface area contributed by atoms with Crippen molar-refractivity contribution in [2.45, 2.75) is 13.0 Å². The molecule has 5 heteroatoms. The van der Waals surface area contributed by atoms with E-state index in [0.29, 0.717) is 6.54 Å². The van der Waals surface area contributed by atoms with Gasteiger partial charge in [-0.2, -0.15) is 0 Å². The van der Waals surface area contributed by atoms with Crippen molar-refractivity contribution in [1.82, 2.24) is 5.32 Å². The van der Waals surface area contributed by atoms with Crippen molar-refractivity contribution >= 4 is 5.91 Å². The van der Waals surface area contributed by atoms with Crippen LogP contribution in [0.3, 0.4) is 0 Å². The number of piperazine rings is 1. The molecule has 1 atom stereocenters. The highest BCUT2D eigenvalue weighted by molar-refractivity contribution is 5.77. The average molecular weight is 370 g/mol. The molecule has 2 aromatic carbocycles. The quantitative estimate of drug-likeness (QED) is 0.600. The Labute approximate surface area is 161 Å². The Morgan fingerprint density at radius 1 is 0.963 bits per heavy atom. The lowest BCUT2D eigenvalue weighted by molar-refractivity contribution is -1.01. The van der Waals surface area contributed by atoms with Crippen molar-refractivity contribution in [3.63, 3.8) is 0 Å². The van der Waals surface area contributed by atoms with Crippen LogP contribution in [0.15, 0.2) is 60.7 Å². The van der Waals surface area contributed by atoms with E-state index < -0.39 is 0 Å². The second-order valence-electron chi connectivity index (χ2n) is 7.29. The number of hydrogen-bond acceptors (Lipinski definition) is 2. The molecule has 1 aliphatic heterocycles. The molecule has 1 fully saturated rings. The zero-order chi connectivity index (χ0) is 18.9. The SMILES string of the molecule is C[C@@H](NC(=O)C[NH+]1CC[NH+](CCOc2ccccc2)CC1)c1ccccc1. The van der Waals surface area contributed by atoms with E-state index in [-0.39, 0.29) is 11.9 Å². The molecule has 2 aromatic rings. The van der Waals surface area contributed by atoms with Gasteiger partial charge in [0.2, 0.25) is 0 Å². The van der Waals surface area contributed by atoms with Crippen LogP contribution in [0.2, 0.25) is 0 Å². The zero-order valence-corrected chi connectivity index (χ0v) is 16.1. The highest BCUT2D eigenvalue weighted by Gasteiger charge is 2.25. The van der Waals surface area contributed by atoms with Gasteiger partial charge in [0.05, 0.1) is 6.04 Å². The van der Waals surface area contributed by atoms with Gasteiger partial charge in [-0.3, -0.25) is 4.79 Å². The summed E-state index contributed by atoms with van der Waals surface area (Å²) in [5.74, 6) is 1.07. The fourth-order valence-electron chi connectivity index (χ4n) is 3.56. The third-order valence-electron chi connectivity index (χ3n) is 5.22. The van der Waals surface area contributed by atoms with Crippen molar-refractivity contribution < 1.29 is 19.3 Å². The van der Waals surface area contributed by atoms with E-state index in [9.17, 15) is 4.79 Å². The summed E-state index contributed by atoms with van der Waals surface area (Å²) in [4.78, 5) is 15.3. The molecule has 1 heterocycles. The van der Waals surface area contributed by atoms with Crippen LogP contribution in [0.25, 0.3) is 0 Å². The van der Waals surface area contributed by atoms with Crippen LogP contribution >= 0.6 is 0 Å². The number of rotatable bonds is 8. The monoisotopic (exact) mass is 369 g/mol. The number of amides is 1. The summed E-state index contributed by atoms with van der Waals surface area (Å²) in [6.45, 7) is 8.61. The molecule has 144 valence electrons. The largest absolute Gasteiger partial charge is 0.488 e. The Kier molecular flexibility index (Phi) is 7.25. The summed E-state index contributed by atoms with van der Waals surface area (Å²) in [6, 6.07) is 20.1. The maximum atomic E-state index is 12.3. The van der Waals surface area contributed by atoms with E-state index in [1.807, 2.05) is 55.5 Å². The van der Waals surface area contributed by atoms with Crippen molar-refractivity contribution in [2.24, 2.45) is 0 Å². The first-order valence-electron chi connectivity index (χ1n) is 9.90. The standard InChI is InChI=1S/C22H29N3O2/c1-19(20-8-4-2-5-9-20)23-22(26)18-25-14-12-24(13-15-25)16-17-27-21-10-6-3-7-11-21/h2-11,19H,12-18H2,1H3,(H,23,26)/p+2/t19-/m1/s1. The van der Waals surface area contributed by atoms with Gasteiger partial charge in [-0.25, -0.2) is 0 Å². The van der Waals surface area contributed by atoms with Gasteiger partial charge in [0.1, 0.15) is 45.1 Å². The van der Waals surface area contributed by atoms with Crippen molar-refractivity contribution in [1.29, 1.82) is 0 Å². The second kappa shape index (κ2) is 10.1. The molecule has 0 unspecified atom stereocenters. The third-order valence-corrected chi connectivity index (χ3v) is 5.22. The van der Waals surface area contributed by atoms with Gasteiger partial charge in [-0.1, -0.05) is 48.5 Å². The third kappa shape index (κ3) is 6.38. The van der Waals surface area contributed by atoms with Crippen LogP contribution in [0.4, 0.5) is 0 Å². The van der Waals surface area contributed by atoms with E-state index in [1.54, 1.807) is 4.90 Å². The maximum absolute atomic E-state index is 12.3. The van der Waals surface area contributed by atoms with Crippen LogP contribution in [-0.2, 0) is 4.79 Å². The number of quaternary nitrogens is 2. The van der Waals surface area contributed by atoms with Crippen LogP contribution < -0.4 is 19.9 Å². The van der Waals surface area contributed by atoms with Crippen molar-refractivity contribution in [3.8, 4) is 5.75 Å². The number of carbonyl (C=O) groups excluding carboxylic acids is 1. The lowest BCUT2D eigenvalue weighted by atomic mass is 10.1. The van der Waals surface area contributed by atoms with Crippen LogP contribution in [0, 0.1) is 0 Å². The molecule has 0 aromatic heterocycles. The molecule has 0 aliphatic carbocycles. The summed E-state index contributed by atoms with van der Waals surface area (Å²) >= 11 is 0. The smallest absolute Gasteiger partial charge is 0.275 e. The Balaban J connectivity index is 1.32. The van der Waals surface area contributed by atoms with Crippen LogP contribution in [0.5, 0.6) is 5.75 Å². The molecule has 0 spiro atoms. The van der Waals surface area contributed by atoms with Crippen LogP contribution in [0.1, 0.15) is 18.5 Å². The van der Waals surface area contributed by atoms with E-state index in [4.69, 9.17) is 4.74 Å². The summed E-state index contributed by atoms with van der Waals surface area (Å²) in [5.41, 5.74) is 1.15.